The van der Waals surface area contributed by atoms with Crippen molar-refractivity contribution in [3.8, 4) is 0 Å². The minimum Gasteiger partial charge on any atom is -0.301 e. The standard InChI is InChI=1S/C16H26N2S/c1-3-16-12-18(10-9-17(16)2)11-15(13-19)14-7-5-4-6-8-14/h4-8,15-16,19H,3,9-13H2,1-2H3. The Labute approximate surface area is 123 Å². The van der Waals surface area contributed by atoms with Crippen LogP contribution in [0.15, 0.2) is 30.3 Å². The topological polar surface area (TPSA) is 6.48 Å². The summed E-state index contributed by atoms with van der Waals surface area (Å²) < 4.78 is 0. The van der Waals surface area contributed by atoms with Crippen molar-refractivity contribution in [2.24, 2.45) is 0 Å². The van der Waals surface area contributed by atoms with Crippen molar-refractivity contribution in [3.63, 3.8) is 0 Å². The molecule has 1 aliphatic rings. The minimum atomic E-state index is 0.547. The molecule has 0 N–H and O–H groups in total. The molecular formula is C16H26N2S. The van der Waals surface area contributed by atoms with E-state index in [0.717, 1.165) is 12.3 Å². The highest BCUT2D eigenvalue weighted by atomic mass is 32.1. The lowest BCUT2D eigenvalue weighted by Crippen LogP contribution is -2.52. The molecule has 1 aromatic rings. The van der Waals surface area contributed by atoms with Gasteiger partial charge < -0.3 is 4.90 Å². The smallest absolute Gasteiger partial charge is 0.0218 e. The molecule has 0 saturated carbocycles. The molecule has 0 radical (unpaired) electrons. The van der Waals surface area contributed by atoms with Gasteiger partial charge in [-0.2, -0.15) is 12.6 Å². The van der Waals surface area contributed by atoms with E-state index in [1.807, 2.05) is 0 Å². The van der Waals surface area contributed by atoms with E-state index in [1.165, 1.54) is 31.6 Å². The van der Waals surface area contributed by atoms with Gasteiger partial charge >= 0.3 is 0 Å². The molecule has 0 spiro atoms. The summed E-state index contributed by atoms with van der Waals surface area (Å²) in [7, 11) is 2.25. The highest BCUT2D eigenvalue weighted by molar-refractivity contribution is 7.80. The summed E-state index contributed by atoms with van der Waals surface area (Å²) in [5, 5.41) is 0. The first kappa shape index (κ1) is 14.9. The molecule has 0 aliphatic carbocycles. The lowest BCUT2D eigenvalue weighted by molar-refractivity contribution is 0.0901. The van der Waals surface area contributed by atoms with Crippen LogP contribution in [-0.2, 0) is 0 Å². The highest BCUT2D eigenvalue weighted by Gasteiger charge is 2.24. The number of rotatable bonds is 5. The Morgan fingerprint density at radius 2 is 2.00 bits per heavy atom. The maximum atomic E-state index is 4.55. The second-order valence-corrected chi connectivity index (χ2v) is 5.96. The summed E-state index contributed by atoms with van der Waals surface area (Å²) in [6.07, 6.45) is 1.24. The van der Waals surface area contributed by atoms with Crippen molar-refractivity contribution < 1.29 is 0 Å². The number of hydrogen-bond donors (Lipinski definition) is 1. The van der Waals surface area contributed by atoms with Crippen LogP contribution in [0.2, 0.25) is 0 Å². The number of thiol groups is 1. The van der Waals surface area contributed by atoms with Crippen LogP contribution in [0.4, 0.5) is 0 Å². The van der Waals surface area contributed by atoms with E-state index in [4.69, 9.17) is 0 Å². The zero-order valence-corrected chi connectivity index (χ0v) is 13.0. The summed E-state index contributed by atoms with van der Waals surface area (Å²) in [5.41, 5.74) is 1.42. The molecular weight excluding hydrogens is 252 g/mol. The second-order valence-electron chi connectivity index (χ2n) is 5.59. The molecule has 2 nitrogen and oxygen atoms in total. The Kier molecular flexibility index (Phi) is 5.74. The molecule has 106 valence electrons. The maximum absolute atomic E-state index is 4.55. The molecule has 3 heteroatoms. The third-order valence-electron chi connectivity index (χ3n) is 4.30. The third kappa shape index (κ3) is 3.98. The summed E-state index contributed by atoms with van der Waals surface area (Å²) in [6, 6.07) is 11.5. The van der Waals surface area contributed by atoms with E-state index < -0.39 is 0 Å². The van der Waals surface area contributed by atoms with Crippen LogP contribution in [0, 0.1) is 0 Å². The van der Waals surface area contributed by atoms with E-state index >= 15 is 0 Å². The normalized spacial score (nSPS) is 23.4. The Hall–Kier alpha value is -0.510. The quantitative estimate of drug-likeness (QED) is 0.828. The van der Waals surface area contributed by atoms with Crippen molar-refractivity contribution in [2.45, 2.75) is 25.3 Å². The molecule has 2 atom stereocenters. The first-order chi connectivity index (χ1) is 9.24. The first-order valence-corrected chi connectivity index (χ1v) is 7.96. The highest BCUT2D eigenvalue weighted by Crippen LogP contribution is 2.20. The zero-order chi connectivity index (χ0) is 13.7. The first-order valence-electron chi connectivity index (χ1n) is 7.33. The Balaban J connectivity index is 1.96. The molecule has 0 amide bonds. The van der Waals surface area contributed by atoms with Gasteiger partial charge in [0.15, 0.2) is 0 Å². The third-order valence-corrected chi connectivity index (χ3v) is 4.74. The molecule has 1 saturated heterocycles. The lowest BCUT2D eigenvalue weighted by atomic mass is 9.99. The van der Waals surface area contributed by atoms with Gasteiger partial charge in [0.05, 0.1) is 0 Å². The predicted molar refractivity (Wildman–Crippen MR) is 86.2 cm³/mol. The molecule has 0 bridgehead atoms. The van der Waals surface area contributed by atoms with Gasteiger partial charge in [0, 0.05) is 38.1 Å². The van der Waals surface area contributed by atoms with E-state index in [-0.39, 0.29) is 0 Å². The molecule has 1 fully saturated rings. The van der Waals surface area contributed by atoms with E-state index in [9.17, 15) is 0 Å². The van der Waals surface area contributed by atoms with Crippen LogP contribution < -0.4 is 0 Å². The molecule has 1 heterocycles. The van der Waals surface area contributed by atoms with Gasteiger partial charge in [0.2, 0.25) is 0 Å². The predicted octanol–water partition coefficient (Wildman–Crippen LogP) is 2.73. The van der Waals surface area contributed by atoms with Gasteiger partial charge in [-0.05, 0) is 24.8 Å². The van der Waals surface area contributed by atoms with Gasteiger partial charge in [0.1, 0.15) is 0 Å². The average Bonchev–Trinajstić information content (AvgIpc) is 2.47. The number of benzene rings is 1. The molecule has 0 aromatic heterocycles. The van der Waals surface area contributed by atoms with Crippen LogP contribution in [0.3, 0.4) is 0 Å². The second kappa shape index (κ2) is 7.32. The largest absolute Gasteiger partial charge is 0.301 e. The number of hydrogen-bond acceptors (Lipinski definition) is 3. The zero-order valence-electron chi connectivity index (χ0n) is 12.1. The minimum absolute atomic E-state index is 0.547. The Bertz CT molecular complexity index is 368. The van der Waals surface area contributed by atoms with Gasteiger partial charge in [-0.3, -0.25) is 4.90 Å². The van der Waals surface area contributed by atoms with Crippen molar-refractivity contribution in [1.82, 2.24) is 9.80 Å². The Morgan fingerprint density at radius 3 is 2.63 bits per heavy atom. The monoisotopic (exact) mass is 278 g/mol. The fraction of sp³-hybridized carbons (Fsp3) is 0.625. The average molecular weight is 278 g/mol. The summed E-state index contributed by atoms with van der Waals surface area (Å²) >= 11 is 4.55. The van der Waals surface area contributed by atoms with E-state index in [1.54, 1.807) is 0 Å². The molecule has 19 heavy (non-hydrogen) atoms. The van der Waals surface area contributed by atoms with Crippen LogP contribution in [-0.4, -0.2) is 54.8 Å². The van der Waals surface area contributed by atoms with Crippen LogP contribution in [0.25, 0.3) is 0 Å². The van der Waals surface area contributed by atoms with Gasteiger partial charge in [-0.1, -0.05) is 37.3 Å². The molecule has 1 aliphatic heterocycles. The van der Waals surface area contributed by atoms with Crippen molar-refractivity contribution >= 4 is 12.6 Å². The fourth-order valence-electron chi connectivity index (χ4n) is 2.92. The fourth-order valence-corrected chi connectivity index (χ4v) is 3.25. The van der Waals surface area contributed by atoms with Crippen molar-refractivity contribution in [2.75, 3.05) is 39.0 Å². The van der Waals surface area contributed by atoms with Crippen molar-refractivity contribution in [1.29, 1.82) is 0 Å². The Morgan fingerprint density at radius 1 is 1.26 bits per heavy atom. The maximum Gasteiger partial charge on any atom is 0.0218 e. The lowest BCUT2D eigenvalue weighted by Gasteiger charge is -2.40. The van der Waals surface area contributed by atoms with Gasteiger partial charge in [-0.15, -0.1) is 0 Å². The summed E-state index contributed by atoms with van der Waals surface area (Å²) in [6.45, 7) is 7.00. The number of nitrogens with zero attached hydrogens (tertiary/aromatic N) is 2. The van der Waals surface area contributed by atoms with E-state index in [0.29, 0.717) is 12.0 Å². The molecule has 2 unspecified atom stereocenters. The van der Waals surface area contributed by atoms with Crippen LogP contribution >= 0.6 is 12.6 Å². The van der Waals surface area contributed by atoms with Crippen LogP contribution in [0.1, 0.15) is 24.8 Å². The number of likely N-dealkylation sites (N-methyl/N-ethyl adjacent to an activating group) is 1. The van der Waals surface area contributed by atoms with Gasteiger partial charge in [0.25, 0.3) is 0 Å². The van der Waals surface area contributed by atoms with E-state index in [2.05, 4.69) is 66.7 Å². The SMILES string of the molecule is CCC1CN(CC(CS)c2ccccc2)CCN1C. The summed E-state index contributed by atoms with van der Waals surface area (Å²) in [5.74, 6) is 1.47. The number of piperazine rings is 1. The van der Waals surface area contributed by atoms with Gasteiger partial charge in [-0.25, -0.2) is 0 Å². The van der Waals surface area contributed by atoms with Crippen LogP contribution in [0.5, 0.6) is 0 Å². The van der Waals surface area contributed by atoms with Crippen molar-refractivity contribution in [3.05, 3.63) is 35.9 Å². The molecule has 2 rings (SSSR count). The molecule has 1 aromatic carbocycles. The summed E-state index contributed by atoms with van der Waals surface area (Å²) in [4.78, 5) is 5.11.